The lowest BCUT2D eigenvalue weighted by atomic mass is 10.2. The van der Waals surface area contributed by atoms with E-state index in [4.69, 9.17) is 4.74 Å². The number of nitrogens with zero attached hydrogens (tertiary/aromatic N) is 2. The van der Waals surface area contributed by atoms with Crippen LogP contribution in [0.5, 0.6) is 0 Å². The second kappa shape index (κ2) is 7.09. The molecule has 0 aliphatic carbocycles. The summed E-state index contributed by atoms with van der Waals surface area (Å²) in [5.74, 6) is -0.104. The third-order valence-corrected chi connectivity index (χ3v) is 4.39. The van der Waals surface area contributed by atoms with Gasteiger partial charge in [0.15, 0.2) is 0 Å². The Labute approximate surface area is 150 Å². The third kappa shape index (κ3) is 3.36. The molecule has 0 saturated carbocycles. The van der Waals surface area contributed by atoms with Gasteiger partial charge in [-0.3, -0.25) is 4.79 Å². The lowest BCUT2D eigenvalue weighted by molar-refractivity contribution is 0.00325. The first-order chi connectivity index (χ1) is 12.7. The van der Waals surface area contributed by atoms with Gasteiger partial charge in [0, 0.05) is 18.3 Å². The van der Waals surface area contributed by atoms with Gasteiger partial charge in [-0.05, 0) is 12.1 Å². The summed E-state index contributed by atoms with van der Waals surface area (Å²) in [6.07, 6.45) is 1.81. The molecule has 0 radical (unpaired) electrons. The Morgan fingerprint density at radius 3 is 2.77 bits per heavy atom. The summed E-state index contributed by atoms with van der Waals surface area (Å²) in [6, 6.07) is 15.9. The standard InChI is InChI=1S/C20H18FN3O2/c21-17-9-5-4-8-16(17)20(25)22-10-15-11-24-12-18(23-19(24)13-26-15)14-6-2-1-3-7-14/h1-9,12,15H,10-11,13H2,(H,22,25)/t15-/m0/s1. The fraction of sp³-hybridized carbons (Fsp3) is 0.200. The molecule has 1 N–H and O–H groups in total. The summed E-state index contributed by atoms with van der Waals surface area (Å²) in [5, 5.41) is 2.74. The largest absolute Gasteiger partial charge is 0.367 e. The first-order valence-electron chi connectivity index (χ1n) is 8.46. The van der Waals surface area contributed by atoms with Crippen molar-refractivity contribution in [1.29, 1.82) is 0 Å². The SMILES string of the molecule is O=C(NC[C@H]1Cn2cc(-c3ccccc3)nc2CO1)c1ccccc1F. The predicted molar refractivity (Wildman–Crippen MR) is 95.0 cm³/mol. The number of aromatic nitrogens is 2. The molecule has 1 atom stereocenters. The van der Waals surface area contributed by atoms with E-state index in [2.05, 4.69) is 10.3 Å². The molecule has 132 valence electrons. The Hall–Kier alpha value is -2.99. The molecule has 2 aromatic carbocycles. The zero-order valence-electron chi connectivity index (χ0n) is 14.1. The lowest BCUT2D eigenvalue weighted by Crippen LogP contribution is -2.38. The Kier molecular flexibility index (Phi) is 4.50. The van der Waals surface area contributed by atoms with Crippen LogP contribution in [0.4, 0.5) is 4.39 Å². The first-order valence-corrected chi connectivity index (χ1v) is 8.46. The maximum absolute atomic E-state index is 13.7. The van der Waals surface area contributed by atoms with Gasteiger partial charge in [-0.25, -0.2) is 9.37 Å². The monoisotopic (exact) mass is 351 g/mol. The Morgan fingerprint density at radius 1 is 1.19 bits per heavy atom. The summed E-state index contributed by atoms with van der Waals surface area (Å²) >= 11 is 0. The van der Waals surface area contributed by atoms with Crippen LogP contribution in [0, 0.1) is 5.82 Å². The van der Waals surface area contributed by atoms with E-state index in [1.165, 1.54) is 12.1 Å². The number of benzene rings is 2. The van der Waals surface area contributed by atoms with E-state index < -0.39 is 11.7 Å². The number of amides is 1. The maximum atomic E-state index is 13.7. The number of carbonyl (C=O) groups excluding carboxylic acids is 1. The van der Waals surface area contributed by atoms with Crippen molar-refractivity contribution >= 4 is 5.91 Å². The highest BCUT2D eigenvalue weighted by molar-refractivity contribution is 5.94. The second-order valence-corrected chi connectivity index (χ2v) is 6.18. The van der Waals surface area contributed by atoms with Gasteiger partial charge >= 0.3 is 0 Å². The van der Waals surface area contributed by atoms with Crippen LogP contribution in [0.1, 0.15) is 16.2 Å². The van der Waals surface area contributed by atoms with Crippen LogP contribution < -0.4 is 5.32 Å². The van der Waals surface area contributed by atoms with E-state index >= 15 is 0 Å². The van der Waals surface area contributed by atoms with E-state index in [9.17, 15) is 9.18 Å². The molecule has 5 nitrogen and oxygen atoms in total. The molecule has 0 saturated heterocycles. The number of imidazole rings is 1. The van der Waals surface area contributed by atoms with Gasteiger partial charge in [0.05, 0.1) is 23.9 Å². The molecule has 0 bridgehead atoms. The average molecular weight is 351 g/mol. The van der Waals surface area contributed by atoms with Crippen molar-refractivity contribution in [2.75, 3.05) is 6.54 Å². The van der Waals surface area contributed by atoms with Crippen LogP contribution in [-0.4, -0.2) is 28.1 Å². The number of hydrogen-bond acceptors (Lipinski definition) is 3. The highest BCUT2D eigenvalue weighted by Crippen LogP contribution is 2.22. The van der Waals surface area contributed by atoms with Crippen LogP contribution in [0.2, 0.25) is 0 Å². The highest BCUT2D eigenvalue weighted by Gasteiger charge is 2.22. The maximum Gasteiger partial charge on any atom is 0.254 e. The highest BCUT2D eigenvalue weighted by atomic mass is 19.1. The molecule has 1 aliphatic rings. The van der Waals surface area contributed by atoms with Gasteiger partial charge in [0.1, 0.15) is 18.2 Å². The summed E-state index contributed by atoms with van der Waals surface area (Å²) in [6.45, 7) is 1.28. The van der Waals surface area contributed by atoms with E-state index in [-0.39, 0.29) is 11.7 Å². The predicted octanol–water partition coefficient (Wildman–Crippen LogP) is 3.02. The minimum atomic E-state index is -0.529. The lowest BCUT2D eigenvalue weighted by Gasteiger charge is -2.24. The Bertz CT molecular complexity index is 924. The van der Waals surface area contributed by atoms with Gasteiger partial charge in [0.2, 0.25) is 0 Å². The summed E-state index contributed by atoms with van der Waals surface area (Å²) in [4.78, 5) is 16.7. The molecular formula is C20H18FN3O2. The van der Waals surface area contributed by atoms with Crippen LogP contribution in [0.3, 0.4) is 0 Å². The number of hydrogen-bond donors (Lipinski definition) is 1. The van der Waals surface area contributed by atoms with Crippen molar-refractivity contribution in [2.45, 2.75) is 19.3 Å². The van der Waals surface area contributed by atoms with Crippen molar-refractivity contribution in [3.05, 3.63) is 78.0 Å². The average Bonchev–Trinajstić information content (AvgIpc) is 3.10. The molecule has 0 unspecified atom stereocenters. The number of nitrogens with one attached hydrogen (secondary N) is 1. The van der Waals surface area contributed by atoms with Gasteiger partial charge in [-0.1, -0.05) is 42.5 Å². The fourth-order valence-corrected chi connectivity index (χ4v) is 3.01. The molecule has 1 aliphatic heterocycles. The second-order valence-electron chi connectivity index (χ2n) is 6.18. The van der Waals surface area contributed by atoms with Crippen LogP contribution in [0.25, 0.3) is 11.3 Å². The zero-order chi connectivity index (χ0) is 17.9. The normalized spacial score (nSPS) is 16.1. The number of fused-ring (bicyclic) bond motifs is 1. The van der Waals surface area contributed by atoms with Crippen LogP contribution in [-0.2, 0) is 17.9 Å². The van der Waals surface area contributed by atoms with Crippen molar-refractivity contribution in [2.24, 2.45) is 0 Å². The van der Waals surface area contributed by atoms with Crippen molar-refractivity contribution in [3.63, 3.8) is 0 Å². The van der Waals surface area contributed by atoms with E-state index in [1.54, 1.807) is 12.1 Å². The molecule has 4 rings (SSSR count). The van der Waals surface area contributed by atoms with Crippen LogP contribution >= 0.6 is 0 Å². The van der Waals surface area contributed by atoms with Gasteiger partial charge in [-0.15, -0.1) is 0 Å². The molecule has 1 amide bonds. The van der Waals surface area contributed by atoms with Crippen molar-refractivity contribution in [1.82, 2.24) is 14.9 Å². The van der Waals surface area contributed by atoms with Gasteiger partial charge < -0.3 is 14.6 Å². The molecule has 6 heteroatoms. The molecule has 0 fully saturated rings. The molecule has 0 spiro atoms. The number of halogens is 1. The van der Waals surface area contributed by atoms with E-state index in [1.807, 2.05) is 41.1 Å². The van der Waals surface area contributed by atoms with E-state index in [0.29, 0.717) is 19.7 Å². The molecule has 3 aromatic rings. The van der Waals surface area contributed by atoms with E-state index in [0.717, 1.165) is 17.1 Å². The minimum absolute atomic E-state index is 0.0398. The van der Waals surface area contributed by atoms with Crippen molar-refractivity contribution in [3.8, 4) is 11.3 Å². The van der Waals surface area contributed by atoms with Gasteiger partial charge in [-0.2, -0.15) is 0 Å². The van der Waals surface area contributed by atoms with Crippen molar-refractivity contribution < 1.29 is 13.9 Å². The zero-order valence-corrected chi connectivity index (χ0v) is 14.1. The minimum Gasteiger partial charge on any atom is -0.367 e. The fourth-order valence-electron chi connectivity index (χ4n) is 3.01. The molecule has 26 heavy (non-hydrogen) atoms. The number of rotatable bonds is 4. The summed E-state index contributed by atoms with van der Waals surface area (Å²) < 4.78 is 21.5. The molecule has 2 heterocycles. The molecular weight excluding hydrogens is 333 g/mol. The Balaban J connectivity index is 1.40. The first kappa shape index (κ1) is 16.5. The Morgan fingerprint density at radius 2 is 1.96 bits per heavy atom. The third-order valence-electron chi connectivity index (χ3n) is 4.39. The molecule has 1 aromatic heterocycles. The summed E-state index contributed by atoms with van der Waals surface area (Å²) in [5.41, 5.74) is 2.00. The summed E-state index contributed by atoms with van der Waals surface area (Å²) in [7, 11) is 0. The van der Waals surface area contributed by atoms with Gasteiger partial charge in [0.25, 0.3) is 5.91 Å². The number of carbonyl (C=O) groups is 1. The number of ether oxygens (including phenoxy) is 1. The smallest absolute Gasteiger partial charge is 0.254 e. The van der Waals surface area contributed by atoms with Crippen LogP contribution in [0.15, 0.2) is 60.8 Å². The topological polar surface area (TPSA) is 56.2 Å². The quantitative estimate of drug-likeness (QED) is 0.786.